The lowest BCUT2D eigenvalue weighted by molar-refractivity contribution is -0.0195. The van der Waals surface area contributed by atoms with Crippen molar-refractivity contribution in [2.75, 3.05) is 0 Å². The lowest BCUT2D eigenvalue weighted by atomic mass is 9.98. The first-order valence-electron chi connectivity index (χ1n) is 8.21. The first-order valence-corrected chi connectivity index (χ1v) is 9.88. The summed E-state index contributed by atoms with van der Waals surface area (Å²) in [6.45, 7) is 0. The van der Waals surface area contributed by atoms with Gasteiger partial charge in [-0.2, -0.15) is 5.10 Å². The average molecular weight is 411 g/mol. The Morgan fingerprint density at radius 1 is 1.00 bits per heavy atom. The Kier molecular flexibility index (Phi) is 3.64. The van der Waals surface area contributed by atoms with Crippen molar-refractivity contribution in [1.82, 2.24) is 5.01 Å². The average Bonchev–Trinajstić information content (AvgIpc) is 3.31. The van der Waals surface area contributed by atoms with Crippen LogP contribution in [0.4, 0.5) is 0 Å². The highest BCUT2D eigenvalue weighted by atomic mass is 79.9. The Labute approximate surface area is 158 Å². The molecule has 3 aromatic rings. The van der Waals surface area contributed by atoms with Crippen molar-refractivity contribution in [3.8, 4) is 5.75 Å². The van der Waals surface area contributed by atoms with Gasteiger partial charge in [0.05, 0.1) is 16.6 Å². The summed E-state index contributed by atoms with van der Waals surface area (Å²) in [4.78, 5) is 1.23. The van der Waals surface area contributed by atoms with Crippen LogP contribution in [0.3, 0.4) is 0 Å². The maximum Gasteiger partial charge on any atom is 0.214 e. The van der Waals surface area contributed by atoms with Crippen molar-refractivity contribution < 1.29 is 4.74 Å². The van der Waals surface area contributed by atoms with Crippen LogP contribution in [0.15, 0.2) is 75.6 Å². The second-order valence-electron chi connectivity index (χ2n) is 6.15. The minimum Gasteiger partial charge on any atom is -0.464 e. The van der Waals surface area contributed by atoms with Gasteiger partial charge in [-0.25, -0.2) is 5.01 Å². The van der Waals surface area contributed by atoms with E-state index in [-0.39, 0.29) is 12.3 Å². The molecule has 0 spiro atoms. The fourth-order valence-electron chi connectivity index (χ4n) is 3.51. The van der Waals surface area contributed by atoms with Crippen LogP contribution in [0, 0.1) is 0 Å². The van der Waals surface area contributed by atoms with Crippen molar-refractivity contribution in [3.63, 3.8) is 0 Å². The van der Waals surface area contributed by atoms with Gasteiger partial charge in [-0.05, 0) is 23.6 Å². The number of ether oxygens (including phenoxy) is 1. The lowest BCUT2D eigenvalue weighted by Crippen LogP contribution is -2.33. The molecule has 0 saturated carbocycles. The van der Waals surface area contributed by atoms with E-state index in [9.17, 15) is 0 Å². The molecule has 2 aromatic carbocycles. The number of hydrogen-bond donors (Lipinski definition) is 0. The van der Waals surface area contributed by atoms with E-state index >= 15 is 0 Å². The summed E-state index contributed by atoms with van der Waals surface area (Å²) >= 11 is 5.41. The molecule has 3 heterocycles. The molecule has 3 nitrogen and oxygen atoms in total. The second kappa shape index (κ2) is 6.00. The summed E-state index contributed by atoms with van der Waals surface area (Å²) in [5, 5.41) is 9.19. The van der Waals surface area contributed by atoms with Crippen LogP contribution in [0.5, 0.6) is 5.75 Å². The van der Waals surface area contributed by atoms with Crippen LogP contribution in [-0.2, 0) is 0 Å². The summed E-state index contributed by atoms with van der Waals surface area (Å²) in [6.07, 6.45) is 0.676. The molecular weight excluding hydrogens is 396 g/mol. The molecule has 1 aromatic heterocycles. The smallest absolute Gasteiger partial charge is 0.214 e. The summed E-state index contributed by atoms with van der Waals surface area (Å²) in [6, 6.07) is 20.9. The third-order valence-electron chi connectivity index (χ3n) is 4.68. The van der Waals surface area contributed by atoms with E-state index in [1.165, 1.54) is 10.4 Å². The number of fused-ring (bicyclic) bond motifs is 3. The van der Waals surface area contributed by atoms with Gasteiger partial charge < -0.3 is 4.74 Å². The number of hydrogen-bond acceptors (Lipinski definition) is 4. The maximum absolute atomic E-state index is 6.37. The highest BCUT2D eigenvalue weighted by Crippen LogP contribution is 2.48. The summed E-state index contributed by atoms with van der Waals surface area (Å²) < 4.78 is 7.41. The number of para-hydroxylation sites is 1. The van der Waals surface area contributed by atoms with Gasteiger partial charge >= 0.3 is 0 Å². The molecule has 0 fully saturated rings. The van der Waals surface area contributed by atoms with Crippen molar-refractivity contribution >= 4 is 33.0 Å². The third-order valence-corrected chi connectivity index (χ3v) is 6.32. The van der Waals surface area contributed by atoms with E-state index in [0.717, 1.165) is 27.9 Å². The van der Waals surface area contributed by atoms with Gasteiger partial charge in [-0.1, -0.05) is 58.4 Å². The number of rotatable bonds is 2. The molecule has 124 valence electrons. The molecule has 25 heavy (non-hydrogen) atoms. The molecule has 2 atom stereocenters. The predicted octanol–water partition coefficient (Wildman–Crippen LogP) is 5.75. The quantitative estimate of drug-likeness (QED) is 0.536. The van der Waals surface area contributed by atoms with E-state index < -0.39 is 0 Å². The first-order chi connectivity index (χ1) is 12.3. The van der Waals surface area contributed by atoms with E-state index in [2.05, 4.69) is 62.7 Å². The molecule has 5 heteroatoms. The fraction of sp³-hybridized carbons (Fsp3) is 0.150. The van der Waals surface area contributed by atoms with E-state index in [1.54, 1.807) is 11.3 Å². The zero-order chi connectivity index (χ0) is 16.8. The first kappa shape index (κ1) is 15.2. The summed E-state index contributed by atoms with van der Waals surface area (Å²) in [5.74, 6) is 0.951. The molecule has 2 aliphatic heterocycles. The van der Waals surface area contributed by atoms with E-state index in [4.69, 9.17) is 9.84 Å². The molecule has 0 bridgehead atoms. The summed E-state index contributed by atoms with van der Waals surface area (Å²) in [7, 11) is 0. The van der Waals surface area contributed by atoms with Crippen LogP contribution in [0.1, 0.15) is 34.7 Å². The molecule has 0 amide bonds. The SMILES string of the molecule is Brc1ccccc1C1Oc2ccccc2C2CC(c3cccs3)=NN21. The molecular formula is C20H15BrN2OS. The van der Waals surface area contributed by atoms with Crippen molar-refractivity contribution in [2.24, 2.45) is 5.10 Å². The minimum absolute atomic E-state index is 0.208. The van der Waals surface area contributed by atoms with Crippen LogP contribution >= 0.6 is 27.3 Å². The van der Waals surface area contributed by atoms with E-state index in [0.29, 0.717) is 0 Å². The summed E-state index contributed by atoms with van der Waals surface area (Å²) in [5.41, 5.74) is 3.44. The molecule has 2 aliphatic rings. The van der Waals surface area contributed by atoms with Crippen LogP contribution in [-0.4, -0.2) is 10.7 Å². The van der Waals surface area contributed by atoms with Crippen molar-refractivity contribution in [3.05, 3.63) is 86.5 Å². The number of benzene rings is 2. The van der Waals surface area contributed by atoms with Gasteiger partial charge in [0.1, 0.15) is 5.75 Å². The fourth-order valence-corrected chi connectivity index (χ4v) is 4.71. The van der Waals surface area contributed by atoms with Crippen LogP contribution in [0.25, 0.3) is 0 Å². The highest BCUT2D eigenvalue weighted by Gasteiger charge is 2.41. The minimum atomic E-state index is -0.229. The normalized spacial score (nSPS) is 21.3. The second-order valence-corrected chi connectivity index (χ2v) is 7.96. The Bertz CT molecular complexity index is 954. The van der Waals surface area contributed by atoms with Gasteiger partial charge in [0, 0.05) is 22.0 Å². The zero-order valence-electron chi connectivity index (χ0n) is 13.3. The largest absolute Gasteiger partial charge is 0.464 e. The monoisotopic (exact) mass is 410 g/mol. The van der Waals surface area contributed by atoms with Gasteiger partial charge in [-0.3, -0.25) is 0 Å². The van der Waals surface area contributed by atoms with Crippen molar-refractivity contribution in [2.45, 2.75) is 18.7 Å². The van der Waals surface area contributed by atoms with Crippen LogP contribution in [0.2, 0.25) is 0 Å². The lowest BCUT2D eigenvalue weighted by Gasteiger charge is -2.38. The number of halogens is 1. The van der Waals surface area contributed by atoms with Gasteiger partial charge in [0.25, 0.3) is 0 Å². The molecule has 0 N–H and O–H groups in total. The number of nitrogens with zero attached hydrogens (tertiary/aromatic N) is 2. The topological polar surface area (TPSA) is 24.8 Å². The Balaban J connectivity index is 1.63. The molecule has 5 rings (SSSR count). The van der Waals surface area contributed by atoms with Gasteiger partial charge in [0.2, 0.25) is 6.23 Å². The number of thiophene rings is 1. The molecule has 2 unspecified atom stereocenters. The van der Waals surface area contributed by atoms with Crippen LogP contribution < -0.4 is 4.74 Å². The maximum atomic E-state index is 6.37. The highest BCUT2D eigenvalue weighted by molar-refractivity contribution is 9.10. The van der Waals surface area contributed by atoms with E-state index in [1.807, 2.05) is 24.3 Å². The van der Waals surface area contributed by atoms with Gasteiger partial charge in [0.15, 0.2) is 0 Å². The predicted molar refractivity (Wildman–Crippen MR) is 104 cm³/mol. The third kappa shape index (κ3) is 2.50. The zero-order valence-corrected chi connectivity index (χ0v) is 15.7. The Morgan fingerprint density at radius 2 is 1.80 bits per heavy atom. The van der Waals surface area contributed by atoms with Gasteiger partial charge in [-0.15, -0.1) is 11.3 Å². The molecule has 0 radical (unpaired) electrons. The molecule has 0 aliphatic carbocycles. The molecule has 0 saturated heterocycles. The number of hydrazone groups is 1. The standard InChI is InChI=1S/C20H15BrN2OS/c21-15-8-3-1-6-13(15)20-23-17(14-7-2-4-9-18(14)24-20)12-16(22-23)19-10-5-11-25-19/h1-11,17,20H,12H2. The Hall–Kier alpha value is -2.11. The van der Waals surface area contributed by atoms with Crippen molar-refractivity contribution in [1.29, 1.82) is 0 Å². The Morgan fingerprint density at radius 3 is 2.60 bits per heavy atom.